The lowest BCUT2D eigenvalue weighted by atomic mass is 10.2. The molecule has 0 radical (unpaired) electrons. The predicted octanol–water partition coefficient (Wildman–Crippen LogP) is 0.518. The second-order valence-electron chi connectivity index (χ2n) is 4.27. The molecule has 0 amide bonds. The Morgan fingerprint density at radius 2 is 1.90 bits per heavy atom. The number of methoxy groups -OCH3 is 2. The molecule has 1 aromatic rings. The van der Waals surface area contributed by atoms with Gasteiger partial charge >= 0.3 is 0 Å². The summed E-state index contributed by atoms with van der Waals surface area (Å²) in [6.07, 6.45) is 0. The normalized spacial score (nSPS) is 11.6. The molecule has 0 saturated carbocycles. The van der Waals surface area contributed by atoms with Crippen LogP contribution in [0.4, 0.5) is 0 Å². The molecule has 0 saturated heterocycles. The Labute approximate surface area is 120 Å². The molecular formula is C13H22N2O4S. The Balaban J connectivity index is 2.54. The molecule has 2 N–H and O–H groups in total. The van der Waals surface area contributed by atoms with E-state index in [1.165, 1.54) is 6.07 Å². The van der Waals surface area contributed by atoms with E-state index in [4.69, 9.17) is 9.47 Å². The second kappa shape index (κ2) is 8.21. The zero-order valence-electron chi connectivity index (χ0n) is 12.1. The Morgan fingerprint density at radius 1 is 1.15 bits per heavy atom. The Hall–Kier alpha value is -1.15. The first-order valence-electron chi connectivity index (χ1n) is 6.35. The number of hydrogen-bond donors (Lipinski definition) is 2. The Morgan fingerprint density at radius 3 is 2.50 bits per heavy atom. The van der Waals surface area contributed by atoms with E-state index >= 15 is 0 Å². The van der Waals surface area contributed by atoms with E-state index in [0.29, 0.717) is 32.0 Å². The van der Waals surface area contributed by atoms with Gasteiger partial charge in [-0.1, -0.05) is 0 Å². The number of hydrogen-bond acceptors (Lipinski definition) is 5. The first-order valence-corrected chi connectivity index (χ1v) is 7.83. The van der Waals surface area contributed by atoms with Crippen molar-refractivity contribution in [3.8, 4) is 5.75 Å². The molecular weight excluding hydrogens is 280 g/mol. The highest BCUT2D eigenvalue weighted by Crippen LogP contribution is 2.20. The minimum absolute atomic E-state index is 0.243. The van der Waals surface area contributed by atoms with Crippen LogP contribution in [0.3, 0.4) is 0 Å². The molecule has 0 fully saturated rings. The quantitative estimate of drug-likeness (QED) is 0.650. The van der Waals surface area contributed by atoms with Crippen molar-refractivity contribution in [2.24, 2.45) is 0 Å². The third-order valence-electron chi connectivity index (χ3n) is 2.75. The number of sulfonamides is 1. The SMILES string of the molecule is COCCNCCNS(=O)(=O)c1ccc(OC)c(C)c1. The van der Waals surface area contributed by atoms with Crippen molar-refractivity contribution in [3.05, 3.63) is 23.8 Å². The van der Waals surface area contributed by atoms with Crippen molar-refractivity contribution in [3.63, 3.8) is 0 Å². The lowest BCUT2D eigenvalue weighted by Crippen LogP contribution is -2.33. The summed E-state index contributed by atoms with van der Waals surface area (Å²) in [7, 11) is -0.300. The average Bonchev–Trinajstić information content (AvgIpc) is 2.42. The molecule has 0 aliphatic carbocycles. The summed E-state index contributed by atoms with van der Waals surface area (Å²) < 4.78 is 36.7. The fourth-order valence-electron chi connectivity index (χ4n) is 1.67. The molecule has 114 valence electrons. The van der Waals surface area contributed by atoms with Crippen molar-refractivity contribution in [2.45, 2.75) is 11.8 Å². The van der Waals surface area contributed by atoms with Gasteiger partial charge in [0.15, 0.2) is 0 Å². The third-order valence-corrected chi connectivity index (χ3v) is 4.21. The molecule has 1 aromatic carbocycles. The molecule has 0 bridgehead atoms. The molecule has 0 spiro atoms. The summed E-state index contributed by atoms with van der Waals surface area (Å²) in [4.78, 5) is 0.243. The lowest BCUT2D eigenvalue weighted by molar-refractivity contribution is 0.199. The number of rotatable bonds is 9. The van der Waals surface area contributed by atoms with Crippen LogP contribution in [0.5, 0.6) is 5.75 Å². The fourth-order valence-corrected chi connectivity index (χ4v) is 2.79. The van der Waals surface area contributed by atoms with E-state index in [1.54, 1.807) is 26.4 Å². The maximum absolute atomic E-state index is 12.1. The second-order valence-corrected chi connectivity index (χ2v) is 6.04. The maximum atomic E-state index is 12.1. The number of nitrogens with one attached hydrogen (secondary N) is 2. The zero-order chi connectivity index (χ0) is 15.0. The maximum Gasteiger partial charge on any atom is 0.240 e. The molecule has 0 aliphatic rings. The molecule has 0 aromatic heterocycles. The summed E-state index contributed by atoms with van der Waals surface area (Å²) in [5, 5.41) is 3.07. The lowest BCUT2D eigenvalue weighted by Gasteiger charge is -2.10. The molecule has 7 heteroatoms. The first-order chi connectivity index (χ1) is 9.51. The van der Waals surface area contributed by atoms with Gasteiger partial charge in [0.1, 0.15) is 5.75 Å². The summed E-state index contributed by atoms with van der Waals surface area (Å²) >= 11 is 0. The van der Waals surface area contributed by atoms with Crippen LogP contribution in [0.2, 0.25) is 0 Å². The van der Waals surface area contributed by atoms with Crippen LogP contribution in [-0.4, -0.2) is 48.9 Å². The largest absolute Gasteiger partial charge is 0.496 e. The minimum atomic E-state index is -3.48. The number of ether oxygens (including phenoxy) is 2. The summed E-state index contributed by atoms with van der Waals surface area (Å²) in [6.45, 7) is 3.99. The van der Waals surface area contributed by atoms with Crippen molar-refractivity contribution >= 4 is 10.0 Å². The van der Waals surface area contributed by atoms with Crippen molar-refractivity contribution in [1.82, 2.24) is 10.0 Å². The van der Waals surface area contributed by atoms with E-state index in [9.17, 15) is 8.42 Å². The van der Waals surface area contributed by atoms with Gasteiger partial charge in [-0.05, 0) is 30.7 Å². The van der Waals surface area contributed by atoms with E-state index < -0.39 is 10.0 Å². The third kappa shape index (κ3) is 5.09. The van der Waals surface area contributed by atoms with Crippen molar-refractivity contribution in [2.75, 3.05) is 40.5 Å². The molecule has 0 aliphatic heterocycles. The molecule has 0 unspecified atom stereocenters. The summed E-state index contributed by atoms with van der Waals surface area (Å²) in [5.41, 5.74) is 0.786. The van der Waals surface area contributed by atoms with Crippen LogP contribution < -0.4 is 14.8 Å². The van der Waals surface area contributed by atoms with Gasteiger partial charge in [-0.3, -0.25) is 0 Å². The Kier molecular flexibility index (Phi) is 6.94. The van der Waals surface area contributed by atoms with Gasteiger partial charge in [0.2, 0.25) is 10.0 Å². The van der Waals surface area contributed by atoms with Crippen LogP contribution in [0.25, 0.3) is 0 Å². The molecule has 6 nitrogen and oxygen atoms in total. The van der Waals surface area contributed by atoms with E-state index in [1.807, 2.05) is 6.92 Å². The highest BCUT2D eigenvalue weighted by molar-refractivity contribution is 7.89. The minimum Gasteiger partial charge on any atom is -0.496 e. The van der Waals surface area contributed by atoms with Crippen LogP contribution in [0.15, 0.2) is 23.1 Å². The molecule has 1 rings (SSSR count). The van der Waals surface area contributed by atoms with Gasteiger partial charge < -0.3 is 14.8 Å². The van der Waals surface area contributed by atoms with Gasteiger partial charge in [0.05, 0.1) is 18.6 Å². The molecule has 0 heterocycles. The van der Waals surface area contributed by atoms with Gasteiger partial charge in [-0.15, -0.1) is 0 Å². The summed E-state index contributed by atoms with van der Waals surface area (Å²) in [6, 6.07) is 4.78. The first kappa shape index (κ1) is 16.9. The predicted molar refractivity (Wildman–Crippen MR) is 77.7 cm³/mol. The average molecular weight is 302 g/mol. The highest BCUT2D eigenvalue weighted by atomic mass is 32.2. The van der Waals surface area contributed by atoms with Gasteiger partial charge in [-0.2, -0.15) is 0 Å². The van der Waals surface area contributed by atoms with Crippen molar-refractivity contribution in [1.29, 1.82) is 0 Å². The van der Waals surface area contributed by atoms with Crippen molar-refractivity contribution < 1.29 is 17.9 Å². The molecule has 20 heavy (non-hydrogen) atoms. The van der Waals surface area contributed by atoms with Gasteiger partial charge in [0.25, 0.3) is 0 Å². The number of benzene rings is 1. The monoisotopic (exact) mass is 302 g/mol. The fraction of sp³-hybridized carbons (Fsp3) is 0.538. The topological polar surface area (TPSA) is 76.7 Å². The smallest absolute Gasteiger partial charge is 0.240 e. The van der Waals surface area contributed by atoms with E-state index in [0.717, 1.165) is 5.56 Å². The van der Waals surface area contributed by atoms with E-state index in [-0.39, 0.29) is 4.90 Å². The van der Waals surface area contributed by atoms with Crippen LogP contribution in [-0.2, 0) is 14.8 Å². The van der Waals surface area contributed by atoms with Crippen LogP contribution >= 0.6 is 0 Å². The summed E-state index contributed by atoms with van der Waals surface area (Å²) in [5.74, 6) is 0.671. The standard InChI is InChI=1S/C13H22N2O4S/c1-11-10-12(4-5-13(11)19-3)20(16,17)15-7-6-14-8-9-18-2/h4-5,10,14-15H,6-9H2,1-3H3. The zero-order valence-corrected chi connectivity index (χ0v) is 12.9. The highest BCUT2D eigenvalue weighted by Gasteiger charge is 2.14. The Bertz CT molecular complexity index is 517. The van der Waals surface area contributed by atoms with Gasteiger partial charge in [0, 0.05) is 26.7 Å². The number of aryl methyl sites for hydroxylation is 1. The van der Waals surface area contributed by atoms with Gasteiger partial charge in [-0.25, -0.2) is 13.1 Å². The van der Waals surface area contributed by atoms with Crippen LogP contribution in [0, 0.1) is 6.92 Å². The van der Waals surface area contributed by atoms with Crippen LogP contribution in [0.1, 0.15) is 5.56 Å². The van der Waals surface area contributed by atoms with E-state index in [2.05, 4.69) is 10.0 Å². The molecule has 0 atom stereocenters.